The van der Waals surface area contributed by atoms with E-state index < -0.39 is 0 Å². The number of hydrogen-bond donors (Lipinski definition) is 3. The molecule has 0 bridgehead atoms. The summed E-state index contributed by atoms with van der Waals surface area (Å²) in [4.78, 5) is 16.7. The van der Waals surface area contributed by atoms with Gasteiger partial charge in [-0.3, -0.25) is 9.78 Å². The summed E-state index contributed by atoms with van der Waals surface area (Å²) in [5.41, 5.74) is 9.83. The third kappa shape index (κ3) is 4.43. The van der Waals surface area contributed by atoms with Crippen LogP contribution in [0, 0.1) is 0 Å². The number of amides is 1. The molecule has 1 heterocycles. The summed E-state index contributed by atoms with van der Waals surface area (Å²) in [5.74, 6) is -0.160. The molecule has 126 valence electrons. The third-order valence-corrected chi connectivity index (χ3v) is 3.82. The van der Waals surface area contributed by atoms with Gasteiger partial charge in [0.15, 0.2) is 0 Å². The monoisotopic (exact) mass is 332 g/mol. The number of anilines is 2. The number of hydrogen-bond acceptors (Lipinski definition) is 4. The number of nitrogens with zero attached hydrogens (tertiary/aromatic N) is 1. The van der Waals surface area contributed by atoms with E-state index in [4.69, 9.17) is 5.73 Å². The standard InChI is InChI=1S/C20H20N4O/c21-13-16-4-3-5-17(12-16)24-20(25)18-6-1-2-7-19(18)23-14-15-8-10-22-11-9-15/h1-12,23H,13-14,21H2,(H,24,25). The van der Waals surface area contributed by atoms with Crippen LogP contribution in [0.25, 0.3) is 0 Å². The van der Waals surface area contributed by atoms with Gasteiger partial charge in [0, 0.05) is 36.9 Å². The molecule has 3 aromatic rings. The van der Waals surface area contributed by atoms with Gasteiger partial charge in [0.05, 0.1) is 5.56 Å². The van der Waals surface area contributed by atoms with E-state index in [1.807, 2.05) is 54.6 Å². The molecule has 0 aliphatic heterocycles. The molecule has 0 aliphatic carbocycles. The molecule has 0 radical (unpaired) electrons. The van der Waals surface area contributed by atoms with Crippen LogP contribution in [-0.4, -0.2) is 10.9 Å². The molecule has 0 saturated carbocycles. The highest BCUT2D eigenvalue weighted by Gasteiger charge is 2.11. The van der Waals surface area contributed by atoms with Crippen LogP contribution in [0.2, 0.25) is 0 Å². The maximum Gasteiger partial charge on any atom is 0.257 e. The molecule has 0 aliphatic rings. The van der Waals surface area contributed by atoms with E-state index in [1.54, 1.807) is 18.5 Å². The molecular formula is C20H20N4O. The van der Waals surface area contributed by atoms with Crippen LogP contribution in [0.15, 0.2) is 73.1 Å². The Balaban J connectivity index is 1.74. The van der Waals surface area contributed by atoms with Gasteiger partial charge in [-0.15, -0.1) is 0 Å². The fraction of sp³-hybridized carbons (Fsp3) is 0.100. The summed E-state index contributed by atoms with van der Waals surface area (Å²) in [7, 11) is 0. The van der Waals surface area contributed by atoms with E-state index in [-0.39, 0.29) is 5.91 Å². The highest BCUT2D eigenvalue weighted by Crippen LogP contribution is 2.19. The average molecular weight is 332 g/mol. The number of rotatable bonds is 6. The molecule has 3 rings (SSSR count). The van der Waals surface area contributed by atoms with Crippen LogP contribution < -0.4 is 16.4 Å². The highest BCUT2D eigenvalue weighted by molar-refractivity contribution is 6.08. The van der Waals surface area contributed by atoms with Gasteiger partial charge in [-0.1, -0.05) is 24.3 Å². The van der Waals surface area contributed by atoms with E-state index in [0.29, 0.717) is 18.7 Å². The van der Waals surface area contributed by atoms with Crippen molar-refractivity contribution in [3.05, 3.63) is 89.7 Å². The largest absolute Gasteiger partial charge is 0.380 e. The van der Waals surface area contributed by atoms with Crippen LogP contribution in [0.4, 0.5) is 11.4 Å². The van der Waals surface area contributed by atoms with Crippen LogP contribution in [0.3, 0.4) is 0 Å². The van der Waals surface area contributed by atoms with Crippen molar-refractivity contribution in [1.82, 2.24) is 4.98 Å². The smallest absolute Gasteiger partial charge is 0.257 e. The van der Waals surface area contributed by atoms with Crippen molar-refractivity contribution in [2.45, 2.75) is 13.1 Å². The molecule has 2 aromatic carbocycles. The lowest BCUT2D eigenvalue weighted by Gasteiger charge is -2.13. The average Bonchev–Trinajstić information content (AvgIpc) is 2.67. The molecule has 0 saturated heterocycles. The zero-order valence-corrected chi connectivity index (χ0v) is 13.8. The van der Waals surface area contributed by atoms with Crippen LogP contribution >= 0.6 is 0 Å². The van der Waals surface area contributed by atoms with Gasteiger partial charge in [0.1, 0.15) is 0 Å². The lowest BCUT2D eigenvalue weighted by atomic mass is 10.1. The molecule has 5 nitrogen and oxygen atoms in total. The highest BCUT2D eigenvalue weighted by atomic mass is 16.1. The molecule has 25 heavy (non-hydrogen) atoms. The van der Waals surface area contributed by atoms with E-state index >= 15 is 0 Å². The Kier molecular flexibility index (Phi) is 5.39. The van der Waals surface area contributed by atoms with E-state index in [1.165, 1.54) is 0 Å². The molecule has 0 spiro atoms. The number of nitrogens with two attached hydrogens (primary N) is 1. The molecule has 0 unspecified atom stereocenters. The van der Waals surface area contributed by atoms with E-state index in [9.17, 15) is 4.79 Å². The first-order valence-electron chi connectivity index (χ1n) is 8.08. The van der Waals surface area contributed by atoms with Crippen LogP contribution in [-0.2, 0) is 13.1 Å². The SMILES string of the molecule is NCc1cccc(NC(=O)c2ccccc2NCc2ccncc2)c1. The predicted molar refractivity (Wildman–Crippen MR) is 100 cm³/mol. The molecule has 5 heteroatoms. The number of benzene rings is 2. The van der Waals surface area contributed by atoms with Gasteiger partial charge in [-0.2, -0.15) is 0 Å². The summed E-state index contributed by atoms with van der Waals surface area (Å²) in [5, 5.41) is 6.24. The zero-order chi connectivity index (χ0) is 17.5. The van der Waals surface area contributed by atoms with Crippen molar-refractivity contribution in [3.8, 4) is 0 Å². The molecule has 1 amide bonds. The van der Waals surface area contributed by atoms with Crippen molar-refractivity contribution in [2.75, 3.05) is 10.6 Å². The Morgan fingerprint density at radius 3 is 2.56 bits per heavy atom. The Bertz CT molecular complexity index is 849. The van der Waals surface area contributed by atoms with Gasteiger partial charge < -0.3 is 16.4 Å². The maximum absolute atomic E-state index is 12.7. The van der Waals surface area contributed by atoms with Crippen LogP contribution in [0.5, 0.6) is 0 Å². The minimum Gasteiger partial charge on any atom is -0.380 e. The second kappa shape index (κ2) is 8.08. The maximum atomic E-state index is 12.7. The van der Waals surface area contributed by atoms with E-state index in [2.05, 4.69) is 15.6 Å². The van der Waals surface area contributed by atoms with Crippen molar-refractivity contribution >= 4 is 17.3 Å². The second-order valence-corrected chi connectivity index (χ2v) is 5.61. The first-order valence-corrected chi connectivity index (χ1v) is 8.08. The van der Waals surface area contributed by atoms with Gasteiger partial charge in [-0.25, -0.2) is 0 Å². The van der Waals surface area contributed by atoms with Crippen molar-refractivity contribution in [1.29, 1.82) is 0 Å². The van der Waals surface area contributed by atoms with Crippen LogP contribution in [0.1, 0.15) is 21.5 Å². The fourth-order valence-corrected chi connectivity index (χ4v) is 2.51. The first kappa shape index (κ1) is 16.7. The summed E-state index contributed by atoms with van der Waals surface area (Å²) < 4.78 is 0. The topological polar surface area (TPSA) is 80.0 Å². The van der Waals surface area contributed by atoms with Gasteiger partial charge >= 0.3 is 0 Å². The first-order chi connectivity index (χ1) is 12.3. The molecular weight excluding hydrogens is 312 g/mol. The number of nitrogens with one attached hydrogen (secondary N) is 2. The minimum atomic E-state index is -0.160. The summed E-state index contributed by atoms with van der Waals surface area (Å²) in [6, 6.07) is 18.9. The lowest BCUT2D eigenvalue weighted by molar-refractivity contribution is 0.102. The Hall–Kier alpha value is -3.18. The number of pyridine rings is 1. The van der Waals surface area contributed by atoms with Gasteiger partial charge in [-0.05, 0) is 47.5 Å². The Labute approximate surface area is 146 Å². The molecule has 0 atom stereocenters. The van der Waals surface area contributed by atoms with E-state index in [0.717, 1.165) is 22.5 Å². The molecule has 0 fully saturated rings. The summed E-state index contributed by atoms with van der Waals surface area (Å²) >= 11 is 0. The summed E-state index contributed by atoms with van der Waals surface area (Å²) in [6.45, 7) is 1.06. The third-order valence-electron chi connectivity index (χ3n) is 3.82. The number of aromatic nitrogens is 1. The Morgan fingerprint density at radius 1 is 0.960 bits per heavy atom. The predicted octanol–water partition coefficient (Wildman–Crippen LogP) is 3.40. The number of carbonyl (C=O) groups excluding carboxylic acids is 1. The van der Waals surface area contributed by atoms with Crippen molar-refractivity contribution in [3.63, 3.8) is 0 Å². The zero-order valence-electron chi connectivity index (χ0n) is 13.8. The lowest BCUT2D eigenvalue weighted by Crippen LogP contribution is -2.15. The normalized spacial score (nSPS) is 10.3. The van der Waals surface area contributed by atoms with Gasteiger partial charge in [0.25, 0.3) is 5.91 Å². The minimum absolute atomic E-state index is 0.160. The fourth-order valence-electron chi connectivity index (χ4n) is 2.51. The quantitative estimate of drug-likeness (QED) is 0.646. The molecule has 4 N–H and O–H groups in total. The number of carbonyl (C=O) groups is 1. The second-order valence-electron chi connectivity index (χ2n) is 5.61. The van der Waals surface area contributed by atoms with Crippen molar-refractivity contribution in [2.24, 2.45) is 5.73 Å². The van der Waals surface area contributed by atoms with Crippen molar-refractivity contribution < 1.29 is 4.79 Å². The summed E-state index contributed by atoms with van der Waals surface area (Å²) in [6.07, 6.45) is 3.50. The number of para-hydroxylation sites is 1. The Morgan fingerprint density at radius 2 is 1.76 bits per heavy atom. The molecule has 1 aromatic heterocycles. The van der Waals surface area contributed by atoms with Gasteiger partial charge in [0.2, 0.25) is 0 Å².